The van der Waals surface area contributed by atoms with Gasteiger partial charge >= 0.3 is 5.97 Å². The molecule has 7 nitrogen and oxygen atoms in total. The van der Waals surface area contributed by atoms with Crippen molar-refractivity contribution in [1.82, 2.24) is 9.29 Å². The standard InChI is InChI=1S/C19H24Cl2N2O5S2/c1-13(2)28-19(24)17-12-29-18(22-17)5-4-6-23(30(3,25)26)7-8-27-16-10-14(20)9-15(21)11-16/h9-13H,4-8H2,1-3H3. The number of aryl methyl sites for hydroxylation is 1. The fourth-order valence-corrected chi connectivity index (χ4v) is 4.70. The number of hydrogen-bond donors (Lipinski definition) is 0. The van der Waals surface area contributed by atoms with Gasteiger partial charge < -0.3 is 9.47 Å². The summed E-state index contributed by atoms with van der Waals surface area (Å²) in [4.78, 5) is 16.1. The highest BCUT2D eigenvalue weighted by Gasteiger charge is 2.18. The van der Waals surface area contributed by atoms with Crippen LogP contribution in [0.25, 0.3) is 0 Å². The van der Waals surface area contributed by atoms with Crippen molar-refractivity contribution in [2.45, 2.75) is 32.8 Å². The summed E-state index contributed by atoms with van der Waals surface area (Å²) in [6.07, 6.45) is 2.06. The van der Waals surface area contributed by atoms with Gasteiger partial charge in [-0.3, -0.25) is 0 Å². The van der Waals surface area contributed by atoms with Crippen LogP contribution in [0.15, 0.2) is 23.6 Å². The molecule has 0 atom stereocenters. The Morgan fingerprint density at radius 3 is 2.47 bits per heavy atom. The van der Waals surface area contributed by atoms with E-state index < -0.39 is 16.0 Å². The van der Waals surface area contributed by atoms with Crippen molar-refractivity contribution < 1.29 is 22.7 Å². The Morgan fingerprint density at radius 1 is 1.20 bits per heavy atom. The molecule has 0 unspecified atom stereocenters. The number of ether oxygens (including phenoxy) is 2. The zero-order chi connectivity index (χ0) is 22.3. The van der Waals surface area contributed by atoms with E-state index in [1.165, 1.54) is 15.6 Å². The van der Waals surface area contributed by atoms with Gasteiger partial charge in [0.1, 0.15) is 12.4 Å². The number of thiazole rings is 1. The molecule has 1 heterocycles. The number of benzene rings is 1. The number of halogens is 2. The smallest absolute Gasteiger partial charge is 0.358 e. The summed E-state index contributed by atoms with van der Waals surface area (Å²) >= 11 is 13.2. The van der Waals surface area contributed by atoms with Gasteiger partial charge in [0.25, 0.3) is 0 Å². The maximum absolute atomic E-state index is 12.1. The van der Waals surface area contributed by atoms with Crippen molar-refractivity contribution in [2.75, 3.05) is 26.0 Å². The van der Waals surface area contributed by atoms with Crippen LogP contribution in [0.1, 0.15) is 35.8 Å². The molecule has 166 valence electrons. The second kappa shape index (κ2) is 11.3. The molecule has 0 aliphatic rings. The maximum Gasteiger partial charge on any atom is 0.358 e. The van der Waals surface area contributed by atoms with Crippen molar-refractivity contribution in [2.24, 2.45) is 0 Å². The molecule has 0 saturated carbocycles. The molecule has 2 rings (SSSR count). The number of carbonyl (C=O) groups excluding carboxylic acids is 1. The Morgan fingerprint density at radius 2 is 1.87 bits per heavy atom. The zero-order valence-electron chi connectivity index (χ0n) is 16.9. The average molecular weight is 495 g/mol. The number of carbonyl (C=O) groups is 1. The SMILES string of the molecule is CC(C)OC(=O)c1csc(CCCN(CCOc2cc(Cl)cc(Cl)c2)S(C)(=O)=O)n1. The molecule has 0 amide bonds. The summed E-state index contributed by atoms with van der Waals surface area (Å²) in [6.45, 7) is 4.20. The number of aromatic nitrogens is 1. The fourth-order valence-electron chi connectivity index (χ4n) is 2.52. The van der Waals surface area contributed by atoms with E-state index in [0.29, 0.717) is 35.2 Å². The van der Waals surface area contributed by atoms with Crippen LogP contribution in [0, 0.1) is 0 Å². The zero-order valence-corrected chi connectivity index (χ0v) is 20.1. The van der Waals surface area contributed by atoms with Crippen molar-refractivity contribution in [3.63, 3.8) is 0 Å². The van der Waals surface area contributed by atoms with Crippen molar-refractivity contribution in [1.29, 1.82) is 0 Å². The first-order chi connectivity index (χ1) is 14.0. The summed E-state index contributed by atoms with van der Waals surface area (Å²) < 4.78 is 36.2. The lowest BCUT2D eigenvalue weighted by Gasteiger charge is -2.20. The van der Waals surface area contributed by atoms with Gasteiger partial charge in [0.2, 0.25) is 10.0 Å². The third-order valence-electron chi connectivity index (χ3n) is 3.82. The van der Waals surface area contributed by atoms with Crippen LogP contribution in [-0.4, -0.2) is 55.7 Å². The molecule has 0 aliphatic carbocycles. The predicted octanol–water partition coefficient (Wildman–Crippen LogP) is 4.29. The number of hydrogen-bond acceptors (Lipinski definition) is 7. The molecule has 0 radical (unpaired) electrons. The first kappa shape index (κ1) is 24.9. The molecular formula is C19H24Cl2N2O5S2. The minimum atomic E-state index is -3.40. The van der Waals surface area contributed by atoms with Crippen molar-refractivity contribution >= 4 is 50.5 Å². The lowest BCUT2D eigenvalue weighted by molar-refractivity contribution is 0.0371. The Bertz CT molecular complexity index is 943. The largest absolute Gasteiger partial charge is 0.492 e. The Kier molecular flexibility index (Phi) is 9.36. The van der Waals surface area contributed by atoms with E-state index in [1.54, 1.807) is 37.4 Å². The molecule has 0 N–H and O–H groups in total. The van der Waals surface area contributed by atoms with Crippen LogP contribution in [-0.2, 0) is 21.2 Å². The van der Waals surface area contributed by atoms with Gasteiger partial charge in [-0.15, -0.1) is 11.3 Å². The minimum Gasteiger partial charge on any atom is -0.492 e. The molecule has 0 fully saturated rings. The lowest BCUT2D eigenvalue weighted by atomic mass is 10.3. The average Bonchev–Trinajstić information content (AvgIpc) is 3.07. The fraction of sp³-hybridized carbons (Fsp3) is 0.474. The van der Waals surface area contributed by atoms with Gasteiger partial charge in [0.05, 0.1) is 17.4 Å². The van der Waals surface area contributed by atoms with E-state index in [4.69, 9.17) is 32.7 Å². The normalized spacial score (nSPS) is 11.8. The van der Waals surface area contributed by atoms with Crippen LogP contribution >= 0.6 is 34.5 Å². The first-order valence-corrected chi connectivity index (χ1v) is 12.7. The number of nitrogens with zero attached hydrogens (tertiary/aromatic N) is 2. The molecule has 11 heteroatoms. The van der Waals surface area contributed by atoms with Crippen LogP contribution in [0.2, 0.25) is 10.0 Å². The van der Waals surface area contributed by atoms with Crippen LogP contribution in [0.5, 0.6) is 5.75 Å². The van der Waals surface area contributed by atoms with Gasteiger partial charge in [0, 0.05) is 34.9 Å². The highest BCUT2D eigenvalue weighted by atomic mass is 35.5. The van der Waals surface area contributed by atoms with E-state index in [0.717, 1.165) is 11.3 Å². The van der Waals surface area contributed by atoms with Crippen molar-refractivity contribution in [3.05, 3.63) is 44.3 Å². The summed E-state index contributed by atoms with van der Waals surface area (Å²) in [6, 6.07) is 4.82. The first-order valence-electron chi connectivity index (χ1n) is 9.24. The Hall–Kier alpha value is -1.39. The van der Waals surface area contributed by atoms with Gasteiger partial charge in [-0.2, -0.15) is 4.31 Å². The molecule has 2 aromatic rings. The third kappa shape index (κ3) is 8.39. The Balaban J connectivity index is 1.85. The number of rotatable bonds is 11. The Labute approximate surface area is 191 Å². The molecule has 0 saturated heterocycles. The highest BCUT2D eigenvalue weighted by Crippen LogP contribution is 2.24. The monoisotopic (exact) mass is 494 g/mol. The maximum atomic E-state index is 12.1. The van der Waals surface area contributed by atoms with E-state index in [9.17, 15) is 13.2 Å². The summed E-state index contributed by atoms with van der Waals surface area (Å²) in [7, 11) is -3.40. The van der Waals surface area contributed by atoms with Gasteiger partial charge in [-0.05, 0) is 38.5 Å². The van der Waals surface area contributed by atoms with Crippen LogP contribution in [0.3, 0.4) is 0 Å². The third-order valence-corrected chi connectivity index (χ3v) is 6.46. The molecule has 0 spiro atoms. The van der Waals surface area contributed by atoms with E-state index >= 15 is 0 Å². The molecule has 1 aromatic heterocycles. The number of esters is 1. The molecule has 1 aromatic carbocycles. The molecule has 0 aliphatic heterocycles. The topological polar surface area (TPSA) is 85.8 Å². The summed E-state index contributed by atoms with van der Waals surface area (Å²) in [5.74, 6) is 0.0214. The van der Waals surface area contributed by atoms with Crippen LogP contribution in [0.4, 0.5) is 0 Å². The number of sulfonamides is 1. The molecule has 0 bridgehead atoms. The molecular weight excluding hydrogens is 471 g/mol. The van der Waals surface area contributed by atoms with E-state index in [2.05, 4.69) is 4.98 Å². The van der Waals surface area contributed by atoms with Crippen molar-refractivity contribution in [3.8, 4) is 5.75 Å². The lowest BCUT2D eigenvalue weighted by Crippen LogP contribution is -2.34. The minimum absolute atomic E-state index is 0.159. The summed E-state index contributed by atoms with van der Waals surface area (Å²) in [5, 5.41) is 3.29. The van der Waals surface area contributed by atoms with Gasteiger partial charge in [-0.25, -0.2) is 18.2 Å². The van der Waals surface area contributed by atoms with Gasteiger partial charge in [0.15, 0.2) is 5.69 Å². The summed E-state index contributed by atoms with van der Waals surface area (Å²) in [5.41, 5.74) is 0.275. The van der Waals surface area contributed by atoms with Gasteiger partial charge in [-0.1, -0.05) is 23.2 Å². The quantitative estimate of drug-likeness (QED) is 0.433. The highest BCUT2D eigenvalue weighted by molar-refractivity contribution is 7.88. The second-order valence-corrected chi connectivity index (χ2v) is 10.6. The molecule has 30 heavy (non-hydrogen) atoms. The predicted molar refractivity (Wildman–Crippen MR) is 119 cm³/mol. The second-order valence-electron chi connectivity index (χ2n) is 6.80. The van der Waals surface area contributed by atoms with E-state index in [1.807, 2.05) is 0 Å². The van der Waals surface area contributed by atoms with E-state index in [-0.39, 0.29) is 24.9 Å². The van der Waals surface area contributed by atoms with Crippen LogP contribution < -0.4 is 4.74 Å².